The van der Waals surface area contributed by atoms with Crippen LogP contribution >= 0.6 is 0 Å². The van der Waals surface area contributed by atoms with E-state index in [9.17, 15) is 9.59 Å². The van der Waals surface area contributed by atoms with E-state index in [1.807, 2.05) is 26.8 Å². The van der Waals surface area contributed by atoms with Crippen molar-refractivity contribution in [3.8, 4) is 0 Å². The highest BCUT2D eigenvalue weighted by Gasteiger charge is 2.29. The monoisotopic (exact) mass is 292 g/mol. The number of nitrogens with one attached hydrogen (secondary N) is 1. The van der Waals surface area contributed by atoms with Crippen LogP contribution in [0.2, 0.25) is 0 Å². The van der Waals surface area contributed by atoms with Crippen LogP contribution in [-0.2, 0) is 11.2 Å². The van der Waals surface area contributed by atoms with Gasteiger partial charge >= 0.3 is 5.97 Å². The van der Waals surface area contributed by atoms with Gasteiger partial charge in [0.25, 0.3) is 0 Å². The minimum Gasteiger partial charge on any atom is -0.478 e. The van der Waals surface area contributed by atoms with E-state index in [0.717, 1.165) is 5.56 Å². The van der Waals surface area contributed by atoms with Crippen molar-refractivity contribution in [1.82, 2.24) is 10.2 Å². The Morgan fingerprint density at radius 2 is 1.90 bits per heavy atom. The van der Waals surface area contributed by atoms with Crippen LogP contribution < -0.4 is 5.32 Å². The van der Waals surface area contributed by atoms with E-state index in [1.165, 1.54) is 0 Å². The molecule has 0 saturated heterocycles. The van der Waals surface area contributed by atoms with Gasteiger partial charge in [0.2, 0.25) is 5.91 Å². The number of amides is 1. The summed E-state index contributed by atoms with van der Waals surface area (Å²) in [5.74, 6) is -0.940. The largest absolute Gasteiger partial charge is 0.478 e. The molecule has 0 aliphatic carbocycles. The Labute approximate surface area is 126 Å². The third kappa shape index (κ3) is 4.56. The fraction of sp³-hybridized carbons (Fsp3) is 0.500. The minimum absolute atomic E-state index is 0.00263. The SMILES string of the molecule is CCNC(C)(C)C(=O)N(C)CCc1ccccc1C(=O)O. The zero-order chi connectivity index (χ0) is 16.0. The quantitative estimate of drug-likeness (QED) is 0.803. The number of aromatic carboxylic acids is 1. The standard InChI is InChI=1S/C16H24N2O3/c1-5-17-16(2,3)15(21)18(4)11-10-12-8-6-7-9-13(12)14(19)20/h6-9,17H,5,10-11H2,1-4H3,(H,19,20). The third-order valence-electron chi connectivity index (χ3n) is 3.46. The minimum atomic E-state index is -0.937. The number of nitrogens with zero attached hydrogens (tertiary/aromatic N) is 1. The predicted octanol–water partition coefficient (Wildman–Crippen LogP) is 1.77. The first-order valence-electron chi connectivity index (χ1n) is 7.11. The second-order valence-electron chi connectivity index (χ2n) is 5.59. The van der Waals surface area contributed by atoms with E-state index in [-0.39, 0.29) is 5.91 Å². The summed E-state index contributed by atoms with van der Waals surface area (Å²) in [6, 6.07) is 6.89. The van der Waals surface area contributed by atoms with Crippen LogP contribution in [-0.4, -0.2) is 47.6 Å². The van der Waals surface area contributed by atoms with Crippen LogP contribution in [0.25, 0.3) is 0 Å². The normalized spacial score (nSPS) is 11.2. The molecule has 0 aromatic heterocycles. The van der Waals surface area contributed by atoms with Crippen molar-refractivity contribution < 1.29 is 14.7 Å². The Hall–Kier alpha value is -1.88. The molecule has 0 bridgehead atoms. The third-order valence-corrected chi connectivity index (χ3v) is 3.46. The lowest BCUT2D eigenvalue weighted by Crippen LogP contribution is -2.53. The number of carbonyl (C=O) groups excluding carboxylic acids is 1. The Morgan fingerprint density at radius 3 is 2.48 bits per heavy atom. The molecule has 5 nitrogen and oxygen atoms in total. The number of carboxylic acid groups (broad SMARTS) is 1. The molecule has 21 heavy (non-hydrogen) atoms. The highest BCUT2D eigenvalue weighted by atomic mass is 16.4. The molecule has 2 N–H and O–H groups in total. The molecule has 1 rings (SSSR count). The van der Waals surface area contributed by atoms with E-state index >= 15 is 0 Å². The van der Waals surface area contributed by atoms with E-state index in [1.54, 1.807) is 30.1 Å². The zero-order valence-electron chi connectivity index (χ0n) is 13.1. The van der Waals surface area contributed by atoms with Crippen LogP contribution in [0.3, 0.4) is 0 Å². The molecular formula is C16H24N2O3. The fourth-order valence-corrected chi connectivity index (χ4v) is 2.33. The first kappa shape index (κ1) is 17.2. The molecule has 0 heterocycles. The molecule has 116 valence electrons. The van der Waals surface area contributed by atoms with Crippen LogP contribution in [0.5, 0.6) is 0 Å². The molecule has 0 saturated carbocycles. The Morgan fingerprint density at radius 1 is 1.29 bits per heavy atom. The maximum Gasteiger partial charge on any atom is 0.335 e. The average molecular weight is 292 g/mol. The van der Waals surface area contributed by atoms with Crippen LogP contribution in [0.15, 0.2) is 24.3 Å². The summed E-state index contributed by atoms with van der Waals surface area (Å²) >= 11 is 0. The lowest BCUT2D eigenvalue weighted by atomic mass is 10.0. The molecule has 0 unspecified atom stereocenters. The molecule has 0 aliphatic rings. The number of hydrogen-bond acceptors (Lipinski definition) is 3. The van der Waals surface area contributed by atoms with Gasteiger partial charge in [-0.3, -0.25) is 4.79 Å². The first-order valence-corrected chi connectivity index (χ1v) is 7.11. The predicted molar refractivity (Wildman–Crippen MR) is 82.5 cm³/mol. The summed E-state index contributed by atoms with van der Waals surface area (Å²) < 4.78 is 0. The number of hydrogen-bond donors (Lipinski definition) is 2. The summed E-state index contributed by atoms with van der Waals surface area (Å²) in [5.41, 5.74) is 0.422. The number of likely N-dealkylation sites (N-methyl/N-ethyl adjacent to an activating group) is 2. The first-order chi connectivity index (χ1) is 9.79. The van der Waals surface area contributed by atoms with Crippen LogP contribution in [0, 0.1) is 0 Å². The van der Waals surface area contributed by atoms with Gasteiger partial charge in [0.1, 0.15) is 0 Å². The molecular weight excluding hydrogens is 268 g/mol. The smallest absolute Gasteiger partial charge is 0.335 e. The number of rotatable bonds is 7. The number of carbonyl (C=O) groups is 2. The van der Waals surface area contributed by atoms with Gasteiger partial charge in [-0.25, -0.2) is 4.79 Å². The zero-order valence-corrected chi connectivity index (χ0v) is 13.1. The topological polar surface area (TPSA) is 69.6 Å². The van der Waals surface area contributed by atoms with Gasteiger partial charge in [0, 0.05) is 13.6 Å². The van der Waals surface area contributed by atoms with Gasteiger partial charge in [0.15, 0.2) is 0 Å². The molecule has 5 heteroatoms. The lowest BCUT2D eigenvalue weighted by Gasteiger charge is -2.30. The van der Waals surface area contributed by atoms with E-state index in [0.29, 0.717) is 25.1 Å². The molecule has 0 fully saturated rings. The van der Waals surface area contributed by atoms with Crippen molar-refractivity contribution in [3.05, 3.63) is 35.4 Å². The summed E-state index contributed by atoms with van der Waals surface area (Å²) in [6.45, 7) is 6.85. The van der Waals surface area contributed by atoms with Crippen LogP contribution in [0.1, 0.15) is 36.7 Å². The summed E-state index contributed by atoms with van der Waals surface area (Å²) in [5, 5.41) is 12.3. The molecule has 1 aromatic carbocycles. The Bertz CT molecular complexity index is 512. The highest BCUT2D eigenvalue weighted by Crippen LogP contribution is 2.12. The van der Waals surface area contributed by atoms with Gasteiger partial charge in [0.05, 0.1) is 11.1 Å². The second-order valence-corrected chi connectivity index (χ2v) is 5.59. The second kappa shape index (κ2) is 7.22. The lowest BCUT2D eigenvalue weighted by molar-refractivity contribution is -0.135. The number of benzene rings is 1. The van der Waals surface area contributed by atoms with E-state index in [2.05, 4.69) is 5.32 Å². The van der Waals surface area contributed by atoms with Crippen molar-refractivity contribution in [1.29, 1.82) is 0 Å². The van der Waals surface area contributed by atoms with Crippen molar-refractivity contribution in [2.45, 2.75) is 32.7 Å². The van der Waals surface area contributed by atoms with Gasteiger partial charge in [-0.15, -0.1) is 0 Å². The Balaban J connectivity index is 2.71. The average Bonchev–Trinajstić information content (AvgIpc) is 2.44. The summed E-state index contributed by atoms with van der Waals surface area (Å²) in [7, 11) is 1.74. The van der Waals surface area contributed by atoms with Crippen molar-refractivity contribution in [3.63, 3.8) is 0 Å². The van der Waals surface area contributed by atoms with Gasteiger partial charge in [-0.05, 0) is 38.4 Å². The van der Waals surface area contributed by atoms with Gasteiger partial charge in [-0.1, -0.05) is 25.1 Å². The van der Waals surface area contributed by atoms with E-state index in [4.69, 9.17) is 5.11 Å². The molecule has 1 amide bonds. The summed E-state index contributed by atoms with van der Waals surface area (Å²) in [6.07, 6.45) is 0.521. The molecule has 0 atom stereocenters. The number of carboxylic acids is 1. The van der Waals surface area contributed by atoms with Crippen LogP contribution in [0.4, 0.5) is 0 Å². The van der Waals surface area contributed by atoms with Crippen molar-refractivity contribution in [2.75, 3.05) is 20.1 Å². The van der Waals surface area contributed by atoms with E-state index < -0.39 is 11.5 Å². The maximum absolute atomic E-state index is 12.3. The Kier molecular flexibility index (Phi) is 5.90. The maximum atomic E-state index is 12.3. The van der Waals surface area contributed by atoms with Gasteiger partial charge in [-0.2, -0.15) is 0 Å². The fourth-order valence-electron chi connectivity index (χ4n) is 2.33. The van der Waals surface area contributed by atoms with Gasteiger partial charge < -0.3 is 15.3 Å². The summed E-state index contributed by atoms with van der Waals surface area (Å²) in [4.78, 5) is 25.1. The van der Waals surface area contributed by atoms with Crippen molar-refractivity contribution in [2.24, 2.45) is 0 Å². The molecule has 0 spiro atoms. The molecule has 0 radical (unpaired) electrons. The molecule has 1 aromatic rings. The highest BCUT2D eigenvalue weighted by molar-refractivity contribution is 5.89. The molecule has 0 aliphatic heterocycles. The van der Waals surface area contributed by atoms with Crippen molar-refractivity contribution >= 4 is 11.9 Å².